The van der Waals surface area contributed by atoms with Gasteiger partial charge in [0.1, 0.15) is 30.4 Å². The maximum absolute atomic E-state index is 14.7. The summed E-state index contributed by atoms with van der Waals surface area (Å²) in [5.41, 5.74) is 3.85. The quantitative estimate of drug-likeness (QED) is 0.143. The summed E-state index contributed by atoms with van der Waals surface area (Å²) in [4.78, 5) is 61.1. The summed E-state index contributed by atoms with van der Waals surface area (Å²) in [5, 5.41) is 7.03. The average Bonchev–Trinajstić information content (AvgIpc) is 4.01. The Balaban J connectivity index is 1.03. The largest absolute Gasteiger partial charge is 0.497 e. The van der Waals surface area contributed by atoms with Crippen molar-refractivity contribution in [3.8, 4) is 22.9 Å². The van der Waals surface area contributed by atoms with Crippen LogP contribution in [0, 0.1) is 6.92 Å². The number of hydrogen-bond donors (Lipinski definition) is 1. The van der Waals surface area contributed by atoms with Gasteiger partial charge in [-0.3, -0.25) is 14.4 Å². The summed E-state index contributed by atoms with van der Waals surface area (Å²) in [6.07, 6.45) is -4.34. The molecule has 0 bridgehead atoms. The Hall–Kier alpha value is -6.70. The first-order valence-corrected chi connectivity index (χ1v) is 22.7. The van der Waals surface area contributed by atoms with Crippen LogP contribution in [0.5, 0.6) is 11.5 Å². The van der Waals surface area contributed by atoms with Crippen molar-refractivity contribution in [2.24, 2.45) is 0 Å². The number of nitrogens with zero attached hydrogens (tertiary/aromatic N) is 9. The van der Waals surface area contributed by atoms with Crippen LogP contribution in [0.15, 0.2) is 71.5 Å². The molecule has 0 unspecified atom stereocenters. The summed E-state index contributed by atoms with van der Waals surface area (Å²) in [6.45, 7) is 8.64. The van der Waals surface area contributed by atoms with Crippen LogP contribution >= 0.6 is 11.6 Å². The molecule has 0 radical (unpaired) electrons. The van der Waals surface area contributed by atoms with Gasteiger partial charge < -0.3 is 43.7 Å². The number of methoxy groups -OCH3 is 1. The second-order valence-electron chi connectivity index (χ2n) is 17.1. The normalized spacial score (nSPS) is 15.5. The van der Waals surface area contributed by atoms with E-state index >= 15 is 0 Å². The lowest BCUT2D eigenvalue weighted by Gasteiger charge is -2.37. The Labute approximate surface area is 394 Å². The molecule has 2 fully saturated rings. The molecule has 2 saturated heterocycles. The number of pyridine rings is 1. The minimum atomic E-state index is -4.63. The molecule has 3 aromatic carbocycles. The number of aryl methyl sites for hydroxylation is 1. The number of ether oxygens (including phenoxy) is 3. The van der Waals surface area contributed by atoms with E-state index in [1.165, 1.54) is 4.52 Å². The molecule has 0 aliphatic carbocycles. The zero-order valence-electron chi connectivity index (χ0n) is 38.0. The van der Waals surface area contributed by atoms with Crippen molar-refractivity contribution in [2.75, 3.05) is 81.6 Å². The molecule has 9 rings (SSSR count). The highest BCUT2D eigenvalue weighted by atomic mass is 35.5. The predicted molar refractivity (Wildman–Crippen MR) is 250 cm³/mol. The zero-order chi connectivity index (χ0) is 47.9. The third kappa shape index (κ3) is 9.42. The lowest BCUT2D eigenvalue weighted by atomic mass is 10.1. The van der Waals surface area contributed by atoms with Crippen LogP contribution < -0.4 is 30.1 Å². The van der Waals surface area contributed by atoms with Gasteiger partial charge in [-0.15, -0.1) is 5.10 Å². The van der Waals surface area contributed by atoms with Gasteiger partial charge >= 0.3 is 6.18 Å². The van der Waals surface area contributed by atoms with Gasteiger partial charge in [0.25, 0.3) is 11.5 Å². The Morgan fingerprint density at radius 2 is 1.60 bits per heavy atom. The first-order chi connectivity index (χ1) is 32.7. The molecule has 6 aromatic rings. The van der Waals surface area contributed by atoms with Crippen molar-refractivity contribution in [3.05, 3.63) is 121 Å². The van der Waals surface area contributed by atoms with Crippen LogP contribution in [0.3, 0.4) is 0 Å². The molecule has 68 heavy (non-hydrogen) atoms. The van der Waals surface area contributed by atoms with Gasteiger partial charge in [0.15, 0.2) is 11.6 Å². The van der Waals surface area contributed by atoms with Crippen molar-refractivity contribution < 1.29 is 37.0 Å². The number of hydrogen-bond acceptors (Lipinski definition) is 12. The van der Waals surface area contributed by atoms with Crippen molar-refractivity contribution >= 4 is 46.4 Å². The fraction of sp³-hybridized carbons (Fsp3) is 0.375. The Morgan fingerprint density at radius 1 is 0.882 bits per heavy atom. The molecule has 3 aromatic heterocycles. The van der Waals surface area contributed by atoms with Crippen molar-refractivity contribution in [1.29, 1.82) is 0 Å². The number of alkyl halides is 3. The molecule has 0 spiro atoms. The number of halogens is 4. The number of benzene rings is 3. The molecule has 356 valence electrons. The van der Waals surface area contributed by atoms with E-state index in [0.717, 1.165) is 61.1 Å². The zero-order valence-corrected chi connectivity index (χ0v) is 38.8. The summed E-state index contributed by atoms with van der Waals surface area (Å²) >= 11 is 6.23. The third-order valence-electron chi connectivity index (χ3n) is 12.6. The van der Waals surface area contributed by atoms with Gasteiger partial charge in [0.05, 0.1) is 53.5 Å². The monoisotopic (exact) mass is 954 g/mol. The summed E-state index contributed by atoms with van der Waals surface area (Å²) in [7, 11) is 3.68. The topological polar surface area (TPSA) is 152 Å². The summed E-state index contributed by atoms with van der Waals surface area (Å²) < 4.78 is 60.4. The van der Waals surface area contributed by atoms with E-state index < -0.39 is 23.2 Å². The van der Waals surface area contributed by atoms with Crippen LogP contribution in [0.25, 0.3) is 17.2 Å². The van der Waals surface area contributed by atoms with Gasteiger partial charge in [0, 0.05) is 57.9 Å². The van der Waals surface area contributed by atoms with E-state index in [9.17, 15) is 27.6 Å². The van der Waals surface area contributed by atoms with E-state index in [2.05, 4.69) is 27.3 Å². The van der Waals surface area contributed by atoms with E-state index in [1.807, 2.05) is 67.3 Å². The first kappa shape index (κ1) is 46.4. The van der Waals surface area contributed by atoms with Crippen molar-refractivity contribution in [2.45, 2.75) is 52.8 Å². The maximum Gasteiger partial charge on any atom is 0.416 e. The minimum absolute atomic E-state index is 0.0161. The highest BCUT2D eigenvalue weighted by molar-refractivity contribution is 6.33. The molecule has 3 aliphatic heterocycles. The van der Waals surface area contributed by atoms with Gasteiger partial charge in [-0.1, -0.05) is 42.8 Å². The second kappa shape index (κ2) is 19.1. The van der Waals surface area contributed by atoms with E-state index in [-0.39, 0.29) is 79.7 Å². The summed E-state index contributed by atoms with van der Waals surface area (Å²) in [6, 6.07) is 17.7. The second-order valence-corrected chi connectivity index (χ2v) is 17.5. The van der Waals surface area contributed by atoms with Gasteiger partial charge in [-0.05, 0) is 79.5 Å². The van der Waals surface area contributed by atoms with Gasteiger partial charge in [-0.2, -0.15) is 22.7 Å². The Morgan fingerprint density at radius 3 is 2.29 bits per heavy atom. The number of piperazine rings is 2. The molecular weight excluding hydrogens is 905 g/mol. The average molecular weight is 955 g/mol. The molecule has 0 saturated carbocycles. The molecular formula is C48H50ClF3N10O6. The molecule has 6 heterocycles. The number of nitrogens with one attached hydrogen (secondary N) is 1. The highest BCUT2D eigenvalue weighted by Crippen LogP contribution is 2.35. The van der Waals surface area contributed by atoms with Gasteiger partial charge in [-0.25, -0.2) is 4.98 Å². The number of amides is 2. The molecule has 0 atom stereocenters. The van der Waals surface area contributed by atoms with Crippen LogP contribution in [-0.4, -0.2) is 112 Å². The predicted octanol–water partition coefficient (Wildman–Crippen LogP) is 6.47. The number of anilines is 3. The molecule has 3 aliphatic rings. The van der Waals surface area contributed by atoms with Crippen molar-refractivity contribution in [3.63, 3.8) is 0 Å². The maximum atomic E-state index is 14.7. The Kier molecular flexibility index (Phi) is 13.1. The standard InChI is InChI=1S/C48H50ClF3N10O6/c1-5-39-42(59-18-20-60(21-19-59)45(64)36-24-40(58-16-14-57(3)15-17-58)53-29(2)43(36)68-26-30-6-11-35(66-4)12-7-30)46(65)62-47(55-44(56-62)31-8-9-32-27-67-28-33(32)22-31)61(39)25-41(63)54-38-13-10-34(23-37(38)49)48(50,51)52/h6-13,22-24H,5,14-21,25-28H2,1-4H3,(H,54,63). The number of rotatable bonds is 12. The number of likely N-dealkylation sites (N-methyl/N-ethyl adjacent to an activating group) is 1. The fourth-order valence-electron chi connectivity index (χ4n) is 8.85. The SMILES string of the molecule is CCc1c(N2CCN(C(=O)c3cc(N4CCN(C)CC4)nc(C)c3OCc3ccc(OC)cc3)CC2)c(=O)n2nc(-c3ccc4c(c3)COC4)nc2n1CC(=O)Nc1ccc(C(F)(F)F)cc1Cl. The molecule has 1 N–H and O–H groups in total. The van der Waals surface area contributed by atoms with E-state index in [0.29, 0.717) is 53.0 Å². The molecule has 2 amide bonds. The minimum Gasteiger partial charge on any atom is -0.497 e. The molecule has 16 nitrogen and oxygen atoms in total. The highest BCUT2D eigenvalue weighted by Gasteiger charge is 2.33. The molecule has 20 heteroatoms. The van der Waals surface area contributed by atoms with Crippen molar-refractivity contribution in [1.82, 2.24) is 33.9 Å². The smallest absolute Gasteiger partial charge is 0.416 e. The van der Waals surface area contributed by atoms with Gasteiger partial charge in [0.2, 0.25) is 11.7 Å². The van der Waals surface area contributed by atoms with Crippen LogP contribution in [-0.2, 0) is 48.5 Å². The van der Waals surface area contributed by atoms with E-state index in [4.69, 9.17) is 35.8 Å². The van der Waals surface area contributed by atoms with Crippen LogP contribution in [0.2, 0.25) is 5.02 Å². The van der Waals surface area contributed by atoms with Crippen LogP contribution in [0.4, 0.5) is 30.4 Å². The number of carbonyl (C=O) groups excluding carboxylic acids is 2. The van der Waals surface area contributed by atoms with Crippen LogP contribution in [0.1, 0.15) is 50.9 Å². The summed E-state index contributed by atoms with van der Waals surface area (Å²) in [5.74, 6) is 1.28. The third-order valence-corrected chi connectivity index (χ3v) is 12.9. The van der Waals surface area contributed by atoms with E-state index in [1.54, 1.807) is 16.6 Å². The number of aromatic nitrogens is 5. The Bertz CT molecular complexity index is 2950. The fourth-order valence-corrected chi connectivity index (χ4v) is 9.08. The first-order valence-electron chi connectivity index (χ1n) is 22.3. The number of fused-ring (bicyclic) bond motifs is 2. The number of carbonyl (C=O) groups is 2. The lowest BCUT2D eigenvalue weighted by Crippen LogP contribution is -2.51. The lowest BCUT2D eigenvalue weighted by molar-refractivity contribution is -0.137.